The minimum Gasteiger partial charge on any atom is -0.505 e. The number of aromatic hydroxyl groups is 1. The van der Waals surface area contributed by atoms with Crippen LogP contribution < -0.4 is 5.14 Å². The van der Waals surface area contributed by atoms with Crippen molar-refractivity contribution in [2.45, 2.75) is 11.5 Å². The normalized spacial score (nSPS) is 12.1. The van der Waals surface area contributed by atoms with E-state index in [1.54, 1.807) is 0 Å². The Balaban J connectivity index is 3.46. The van der Waals surface area contributed by atoms with Gasteiger partial charge in [-0.3, -0.25) is 0 Å². The Labute approximate surface area is 82.4 Å². The first-order valence-corrected chi connectivity index (χ1v) is 4.98. The highest BCUT2D eigenvalue weighted by Gasteiger charge is 2.23. The third-order valence-corrected chi connectivity index (χ3v) is 2.29. The predicted octanol–water partition coefficient (Wildman–Crippen LogP) is 0.511. The molecule has 0 unspecified atom stereocenters. The van der Waals surface area contributed by atoms with Gasteiger partial charge < -0.3 is 5.11 Å². The number of hydrogen-bond donors (Lipinski definition) is 2. The van der Waals surface area contributed by atoms with Crippen LogP contribution in [-0.4, -0.2) is 18.5 Å². The van der Waals surface area contributed by atoms with Gasteiger partial charge in [0.1, 0.15) is 0 Å². The summed E-state index contributed by atoms with van der Waals surface area (Å²) in [5.41, 5.74) is -1.19. The first kappa shape index (κ1) is 11.7. The van der Waals surface area contributed by atoms with Crippen LogP contribution in [0, 0.1) is 5.95 Å². The molecule has 3 N–H and O–H groups in total. The molecular weight excluding hydrogens is 237 g/mol. The van der Waals surface area contributed by atoms with Crippen molar-refractivity contribution in [1.29, 1.82) is 0 Å². The highest BCUT2D eigenvalue weighted by molar-refractivity contribution is 7.89. The number of pyridine rings is 1. The molecule has 0 radical (unpaired) electrons. The third kappa shape index (κ3) is 2.36. The second-order valence-corrected chi connectivity index (χ2v) is 4.02. The van der Waals surface area contributed by atoms with Crippen LogP contribution in [0.2, 0.25) is 0 Å². The van der Waals surface area contributed by atoms with Crippen LogP contribution in [0.4, 0.5) is 13.2 Å². The highest BCUT2D eigenvalue weighted by atomic mass is 32.2. The van der Waals surface area contributed by atoms with Crippen LogP contribution in [0.1, 0.15) is 12.0 Å². The molecule has 0 aliphatic carbocycles. The molecule has 1 aromatic rings. The van der Waals surface area contributed by atoms with Crippen molar-refractivity contribution in [3.63, 3.8) is 0 Å². The first-order chi connectivity index (χ1) is 6.73. The average molecular weight is 242 g/mol. The molecule has 1 aromatic heterocycles. The molecule has 0 saturated heterocycles. The van der Waals surface area contributed by atoms with Gasteiger partial charge in [-0.25, -0.2) is 27.3 Å². The van der Waals surface area contributed by atoms with Gasteiger partial charge in [-0.2, -0.15) is 4.39 Å². The number of halogens is 3. The molecule has 0 bridgehead atoms. The maximum atomic E-state index is 12.8. The van der Waals surface area contributed by atoms with Crippen LogP contribution >= 0.6 is 0 Å². The van der Waals surface area contributed by atoms with Gasteiger partial charge in [0.05, 0.1) is 5.56 Å². The molecule has 0 aliphatic heterocycles. The van der Waals surface area contributed by atoms with Crippen LogP contribution in [0.25, 0.3) is 0 Å². The van der Waals surface area contributed by atoms with Gasteiger partial charge >= 0.3 is 0 Å². The zero-order chi connectivity index (χ0) is 11.8. The number of sulfonamides is 1. The molecule has 0 aromatic carbocycles. The zero-order valence-corrected chi connectivity index (χ0v) is 7.80. The summed E-state index contributed by atoms with van der Waals surface area (Å²) in [5.74, 6) is -2.80. The second kappa shape index (κ2) is 3.66. The van der Waals surface area contributed by atoms with Gasteiger partial charge in [0.15, 0.2) is 5.75 Å². The van der Waals surface area contributed by atoms with Crippen LogP contribution in [0.3, 0.4) is 0 Å². The van der Waals surface area contributed by atoms with Gasteiger partial charge in [0.25, 0.3) is 16.4 Å². The first-order valence-electron chi connectivity index (χ1n) is 3.44. The highest BCUT2D eigenvalue weighted by Crippen LogP contribution is 2.28. The van der Waals surface area contributed by atoms with Crippen molar-refractivity contribution in [3.8, 4) is 5.75 Å². The Hall–Kier alpha value is -1.35. The Kier molecular flexibility index (Phi) is 2.86. The molecule has 0 amide bonds. The molecule has 0 saturated carbocycles. The van der Waals surface area contributed by atoms with E-state index < -0.39 is 38.7 Å². The minimum atomic E-state index is -4.44. The second-order valence-electron chi connectivity index (χ2n) is 2.54. The SMILES string of the molecule is NS(=O)(=O)c1nc(F)c(C(F)F)cc1O. The van der Waals surface area contributed by atoms with E-state index in [4.69, 9.17) is 5.11 Å². The lowest BCUT2D eigenvalue weighted by Gasteiger charge is -2.05. The summed E-state index contributed by atoms with van der Waals surface area (Å²) < 4.78 is 58.3. The Bertz CT molecular complexity index is 489. The fraction of sp³-hybridized carbons (Fsp3) is 0.167. The van der Waals surface area contributed by atoms with Gasteiger partial charge in [0, 0.05) is 0 Å². The molecule has 84 valence electrons. The van der Waals surface area contributed by atoms with Crippen molar-refractivity contribution in [2.75, 3.05) is 0 Å². The third-order valence-electron chi connectivity index (χ3n) is 1.45. The summed E-state index contributed by atoms with van der Waals surface area (Å²) in [6, 6.07) is 0.271. The summed E-state index contributed by atoms with van der Waals surface area (Å²) in [6.45, 7) is 0. The van der Waals surface area contributed by atoms with Crippen molar-refractivity contribution in [3.05, 3.63) is 17.6 Å². The molecule has 0 aliphatic rings. The molecular formula is C6H5F3N2O3S. The lowest BCUT2D eigenvalue weighted by Crippen LogP contribution is -2.15. The molecule has 9 heteroatoms. The fourth-order valence-electron chi connectivity index (χ4n) is 0.842. The van der Waals surface area contributed by atoms with Crippen LogP contribution in [-0.2, 0) is 10.0 Å². The smallest absolute Gasteiger partial charge is 0.268 e. The summed E-state index contributed by atoms with van der Waals surface area (Å²) in [6.07, 6.45) is -3.21. The van der Waals surface area contributed by atoms with E-state index in [0.717, 1.165) is 0 Å². The maximum absolute atomic E-state index is 12.8. The molecule has 0 fully saturated rings. The van der Waals surface area contributed by atoms with Crippen LogP contribution in [0.15, 0.2) is 11.1 Å². The number of primary sulfonamides is 1. The van der Waals surface area contributed by atoms with Crippen molar-refractivity contribution < 1.29 is 26.7 Å². The number of hydrogen-bond acceptors (Lipinski definition) is 4. The lowest BCUT2D eigenvalue weighted by molar-refractivity contribution is 0.144. The van der Waals surface area contributed by atoms with Gasteiger partial charge in [-0.05, 0) is 6.07 Å². The van der Waals surface area contributed by atoms with E-state index in [9.17, 15) is 21.6 Å². The summed E-state index contributed by atoms with van der Waals surface area (Å²) in [7, 11) is -4.44. The van der Waals surface area contributed by atoms with Crippen molar-refractivity contribution >= 4 is 10.0 Å². The van der Waals surface area contributed by atoms with Crippen molar-refractivity contribution in [2.24, 2.45) is 5.14 Å². The van der Waals surface area contributed by atoms with E-state index in [-0.39, 0.29) is 6.07 Å². The zero-order valence-electron chi connectivity index (χ0n) is 6.99. The lowest BCUT2D eigenvalue weighted by atomic mass is 10.3. The topological polar surface area (TPSA) is 93.3 Å². The van der Waals surface area contributed by atoms with E-state index in [2.05, 4.69) is 10.1 Å². The van der Waals surface area contributed by atoms with E-state index in [0.29, 0.717) is 0 Å². The average Bonchev–Trinajstić information content (AvgIpc) is 2.06. The summed E-state index contributed by atoms with van der Waals surface area (Å²) in [5, 5.41) is 12.4. The Morgan fingerprint density at radius 2 is 2.00 bits per heavy atom. The molecule has 0 spiro atoms. The van der Waals surface area contributed by atoms with Crippen LogP contribution in [0.5, 0.6) is 5.75 Å². The van der Waals surface area contributed by atoms with E-state index in [1.165, 1.54) is 0 Å². The number of rotatable bonds is 2. The van der Waals surface area contributed by atoms with Gasteiger partial charge in [0.2, 0.25) is 11.0 Å². The monoisotopic (exact) mass is 242 g/mol. The standard InChI is InChI=1S/C6H5F3N2O3S/c7-4(8)2-1-3(12)6(11-5(2)9)15(10,13)14/h1,4,12H,(H2,10,13,14). The quantitative estimate of drug-likeness (QED) is 0.739. The molecule has 15 heavy (non-hydrogen) atoms. The van der Waals surface area contributed by atoms with Crippen molar-refractivity contribution in [1.82, 2.24) is 4.98 Å². The van der Waals surface area contributed by atoms with E-state index >= 15 is 0 Å². The molecule has 1 heterocycles. The largest absolute Gasteiger partial charge is 0.505 e. The predicted molar refractivity (Wildman–Crippen MR) is 42.2 cm³/mol. The Morgan fingerprint density at radius 1 is 1.47 bits per heavy atom. The summed E-state index contributed by atoms with van der Waals surface area (Å²) >= 11 is 0. The Morgan fingerprint density at radius 3 is 2.40 bits per heavy atom. The fourth-order valence-corrected chi connectivity index (χ4v) is 1.40. The number of nitrogens with two attached hydrogens (primary N) is 1. The molecule has 5 nitrogen and oxygen atoms in total. The molecule has 0 atom stereocenters. The minimum absolute atomic E-state index is 0.271. The maximum Gasteiger partial charge on any atom is 0.268 e. The molecule has 1 rings (SSSR count). The summed E-state index contributed by atoms with van der Waals surface area (Å²) in [4.78, 5) is 2.66. The number of alkyl halides is 2. The van der Waals surface area contributed by atoms with Gasteiger partial charge in [-0.1, -0.05) is 0 Å². The van der Waals surface area contributed by atoms with Gasteiger partial charge in [-0.15, -0.1) is 0 Å². The number of aromatic nitrogens is 1. The number of nitrogens with zero attached hydrogens (tertiary/aromatic N) is 1. The van der Waals surface area contributed by atoms with E-state index in [1.807, 2.05) is 0 Å².